The Bertz CT molecular complexity index is 591. The molecule has 1 aromatic rings. The number of rotatable bonds is 3. The predicted octanol–water partition coefficient (Wildman–Crippen LogP) is 0.636. The molecule has 1 aliphatic heterocycles. The zero-order chi connectivity index (χ0) is 13.9. The van der Waals surface area contributed by atoms with Crippen molar-refractivity contribution in [3.63, 3.8) is 0 Å². The van der Waals surface area contributed by atoms with Crippen molar-refractivity contribution in [1.82, 2.24) is 9.62 Å². The van der Waals surface area contributed by atoms with Crippen molar-refractivity contribution >= 4 is 21.8 Å². The molecule has 1 aromatic carbocycles. The minimum absolute atomic E-state index is 0.141. The summed E-state index contributed by atoms with van der Waals surface area (Å²) >= 11 is 0. The molecule has 19 heavy (non-hydrogen) atoms. The van der Waals surface area contributed by atoms with Crippen molar-refractivity contribution in [1.29, 1.82) is 0 Å². The van der Waals surface area contributed by atoms with E-state index in [4.69, 9.17) is 0 Å². The van der Waals surface area contributed by atoms with Gasteiger partial charge in [-0.3, -0.25) is 0 Å². The van der Waals surface area contributed by atoms with Crippen LogP contribution in [0.1, 0.15) is 6.92 Å². The lowest BCUT2D eigenvalue weighted by atomic mass is 10.3. The Morgan fingerprint density at radius 1 is 1.37 bits per heavy atom. The molecule has 1 N–H and O–H groups in total. The summed E-state index contributed by atoms with van der Waals surface area (Å²) in [5, 5.41) is 3.20. The van der Waals surface area contributed by atoms with Crippen molar-refractivity contribution in [2.24, 2.45) is 4.99 Å². The third-order valence-electron chi connectivity index (χ3n) is 2.98. The summed E-state index contributed by atoms with van der Waals surface area (Å²) in [5.41, 5.74) is 0.391. The predicted molar refractivity (Wildman–Crippen MR) is 70.4 cm³/mol. The van der Waals surface area contributed by atoms with E-state index in [9.17, 15) is 13.2 Å². The molecule has 102 valence electrons. The highest BCUT2D eigenvalue weighted by atomic mass is 32.2. The van der Waals surface area contributed by atoms with Gasteiger partial charge in [-0.05, 0) is 31.2 Å². The number of piperazine rings is 1. The van der Waals surface area contributed by atoms with Crippen LogP contribution in [0.4, 0.5) is 5.69 Å². The van der Waals surface area contributed by atoms with Crippen molar-refractivity contribution in [2.75, 3.05) is 19.6 Å². The van der Waals surface area contributed by atoms with Crippen LogP contribution in [-0.2, 0) is 14.8 Å². The fraction of sp³-hybridized carbons (Fsp3) is 0.417. The number of sulfonamides is 1. The summed E-state index contributed by atoms with van der Waals surface area (Å²) in [6.07, 6.45) is 1.42. The number of carbonyl (C=O) groups excluding carboxylic acids is 1. The van der Waals surface area contributed by atoms with Gasteiger partial charge in [-0.15, -0.1) is 0 Å². The second kappa shape index (κ2) is 5.63. The molecule has 0 radical (unpaired) electrons. The average Bonchev–Trinajstić information content (AvgIpc) is 2.40. The molecule has 1 heterocycles. The minimum atomic E-state index is -3.47. The van der Waals surface area contributed by atoms with E-state index >= 15 is 0 Å². The molecule has 1 atom stereocenters. The maximum Gasteiger partial charge on any atom is 0.243 e. The van der Waals surface area contributed by atoms with Crippen LogP contribution in [0.25, 0.3) is 0 Å². The smallest absolute Gasteiger partial charge is 0.243 e. The zero-order valence-corrected chi connectivity index (χ0v) is 11.4. The lowest BCUT2D eigenvalue weighted by Gasteiger charge is -2.30. The van der Waals surface area contributed by atoms with Gasteiger partial charge in [-0.25, -0.2) is 13.2 Å². The van der Waals surface area contributed by atoms with Gasteiger partial charge < -0.3 is 5.32 Å². The van der Waals surface area contributed by atoms with E-state index in [0.717, 1.165) is 0 Å². The molecule has 1 aliphatic rings. The largest absolute Gasteiger partial charge is 0.312 e. The van der Waals surface area contributed by atoms with Crippen LogP contribution in [-0.4, -0.2) is 44.5 Å². The van der Waals surface area contributed by atoms with Gasteiger partial charge in [-0.2, -0.15) is 9.30 Å². The normalized spacial score (nSPS) is 20.8. The Kier molecular flexibility index (Phi) is 4.11. The van der Waals surface area contributed by atoms with Crippen molar-refractivity contribution in [3.8, 4) is 0 Å². The minimum Gasteiger partial charge on any atom is -0.312 e. The van der Waals surface area contributed by atoms with Gasteiger partial charge in [-0.1, -0.05) is 0 Å². The second-order valence-electron chi connectivity index (χ2n) is 4.42. The molecule has 0 bridgehead atoms. The van der Waals surface area contributed by atoms with Gasteiger partial charge in [0.15, 0.2) is 0 Å². The third kappa shape index (κ3) is 3.08. The van der Waals surface area contributed by atoms with Crippen LogP contribution in [0.5, 0.6) is 0 Å². The number of hydrogen-bond acceptors (Lipinski definition) is 5. The molecular formula is C12H15N3O3S. The molecule has 0 amide bonds. The molecule has 0 spiro atoms. The van der Waals surface area contributed by atoms with E-state index in [2.05, 4.69) is 10.3 Å². The molecular weight excluding hydrogens is 266 g/mol. The maximum absolute atomic E-state index is 12.4. The van der Waals surface area contributed by atoms with E-state index in [1.54, 1.807) is 0 Å². The summed E-state index contributed by atoms with van der Waals surface area (Å²) in [4.78, 5) is 13.8. The van der Waals surface area contributed by atoms with Crippen LogP contribution >= 0.6 is 0 Å². The van der Waals surface area contributed by atoms with Crippen LogP contribution in [0.15, 0.2) is 34.2 Å². The fourth-order valence-electron chi connectivity index (χ4n) is 2.01. The van der Waals surface area contributed by atoms with Crippen LogP contribution < -0.4 is 5.32 Å². The Morgan fingerprint density at radius 3 is 2.63 bits per heavy atom. The standard InChI is InChI=1S/C12H15N3O3S/c1-10-8-15(7-6-13-10)19(17,18)12-4-2-11(3-5-12)14-9-16/h2-5,10,13H,6-8H2,1H3. The molecule has 1 fully saturated rings. The third-order valence-corrected chi connectivity index (χ3v) is 4.86. The van der Waals surface area contributed by atoms with E-state index in [1.807, 2.05) is 6.92 Å². The molecule has 0 aromatic heterocycles. The first-order valence-electron chi connectivity index (χ1n) is 5.95. The topological polar surface area (TPSA) is 78.8 Å². The van der Waals surface area contributed by atoms with E-state index < -0.39 is 10.0 Å². The van der Waals surface area contributed by atoms with Crippen LogP contribution in [0.3, 0.4) is 0 Å². The Hall–Kier alpha value is -1.53. The number of hydrogen-bond donors (Lipinski definition) is 1. The van der Waals surface area contributed by atoms with Gasteiger partial charge in [0.05, 0.1) is 10.6 Å². The molecule has 6 nitrogen and oxygen atoms in total. The van der Waals surface area contributed by atoms with Crippen molar-refractivity contribution in [3.05, 3.63) is 24.3 Å². The maximum atomic E-state index is 12.4. The lowest BCUT2D eigenvalue weighted by Crippen LogP contribution is -2.51. The monoisotopic (exact) mass is 281 g/mol. The second-order valence-corrected chi connectivity index (χ2v) is 6.35. The number of aliphatic imine (C=N–C) groups is 1. The van der Waals surface area contributed by atoms with Gasteiger partial charge in [0, 0.05) is 25.7 Å². The molecule has 0 saturated carbocycles. The Labute approximate surface area is 112 Å². The quantitative estimate of drug-likeness (QED) is 0.651. The van der Waals surface area contributed by atoms with Crippen LogP contribution in [0, 0.1) is 0 Å². The summed E-state index contributed by atoms with van der Waals surface area (Å²) in [6.45, 7) is 3.51. The summed E-state index contributed by atoms with van der Waals surface area (Å²) in [5.74, 6) is 0. The van der Waals surface area contributed by atoms with Crippen LogP contribution in [0.2, 0.25) is 0 Å². The van der Waals surface area contributed by atoms with E-state index in [1.165, 1.54) is 34.7 Å². The number of nitrogens with zero attached hydrogens (tertiary/aromatic N) is 2. The molecule has 1 unspecified atom stereocenters. The first-order valence-corrected chi connectivity index (χ1v) is 7.39. The van der Waals surface area contributed by atoms with Gasteiger partial charge in [0.1, 0.15) is 0 Å². The highest BCUT2D eigenvalue weighted by Crippen LogP contribution is 2.20. The summed E-state index contributed by atoms with van der Waals surface area (Å²) < 4.78 is 26.2. The van der Waals surface area contributed by atoms with E-state index in [-0.39, 0.29) is 10.9 Å². The first-order chi connectivity index (χ1) is 9.04. The zero-order valence-electron chi connectivity index (χ0n) is 10.5. The van der Waals surface area contributed by atoms with Gasteiger partial charge in [0.25, 0.3) is 0 Å². The first kappa shape index (κ1) is 13.9. The molecule has 0 aliphatic carbocycles. The highest BCUT2D eigenvalue weighted by molar-refractivity contribution is 7.89. The fourth-order valence-corrected chi connectivity index (χ4v) is 3.54. The van der Waals surface area contributed by atoms with Gasteiger partial charge in [0.2, 0.25) is 16.1 Å². The Morgan fingerprint density at radius 2 is 2.05 bits per heavy atom. The van der Waals surface area contributed by atoms with Gasteiger partial charge >= 0.3 is 0 Å². The molecule has 2 rings (SSSR count). The average molecular weight is 281 g/mol. The Balaban J connectivity index is 2.25. The lowest BCUT2D eigenvalue weighted by molar-refractivity contribution is 0.310. The van der Waals surface area contributed by atoms with Crippen molar-refractivity contribution < 1.29 is 13.2 Å². The SMILES string of the molecule is CC1CN(S(=O)(=O)c2ccc(N=C=O)cc2)CCN1. The number of benzene rings is 1. The molecule has 1 saturated heterocycles. The summed E-state index contributed by atoms with van der Waals surface area (Å²) in [6, 6.07) is 6.03. The van der Waals surface area contributed by atoms with E-state index in [0.29, 0.717) is 25.3 Å². The summed E-state index contributed by atoms with van der Waals surface area (Å²) in [7, 11) is -3.47. The van der Waals surface area contributed by atoms with Crippen molar-refractivity contribution in [2.45, 2.75) is 17.9 Å². The highest BCUT2D eigenvalue weighted by Gasteiger charge is 2.28. The molecule has 7 heteroatoms. The number of nitrogens with one attached hydrogen (secondary N) is 1. The number of isocyanates is 1.